The van der Waals surface area contributed by atoms with Gasteiger partial charge in [0, 0.05) is 13.8 Å². The SMILES string of the molecule is CC(=O)C(=O)OCCOC(=O)C(C)=O. The fourth-order valence-corrected chi connectivity index (χ4v) is 0.472. The zero-order valence-electron chi connectivity index (χ0n) is 7.86. The first-order valence-corrected chi connectivity index (χ1v) is 3.80. The molecule has 0 saturated heterocycles. The van der Waals surface area contributed by atoms with Crippen molar-refractivity contribution in [1.29, 1.82) is 0 Å². The smallest absolute Gasteiger partial charge is 0.374 e. The molecule has 0 aliphatic carbocycles. The lowest BCUT2D eigenvalue weighted by Crippen LogP contribution is -2.20. The zero-order chi connectivity index (χ0) is 11.1. The minimum Gasteiger partial charge on any atom is -0.456 e. The highest BCUT2D eigenvalue weighted by Crippen LogP contribution is 1.84. The van der Waals surface area contributed by atoms with E-state index in [1.807, 2.05) is 0 Å². The number of ether oxygens (including phenoxy) is 2. The number of hydrogen-bond donors (Lipinski definition) is 0. The van der Waals surface area contributed by atoms with E-state index in [9.17, 15) is 19.2 Å². The van der Waals surface area contributed by atoms with E-state index in [2.05, 4.69) is 9.47 Å². The van der Waals surface area contributed by atoms with Crippen LogP contribution in [0.5, 0.6) is 0 Å². The number of hydrogen-bond acceptors (Lipinski definition) is 6. The molecule has 14 heavy (non-hydrogen) atoms. The topological polar surface area (TPSA) is 86.7 Å². The predicted molar refractivity (Wildman–Crippen MR) is 43.3 cm³/mol. The van der Waals surface area contributed by atoms with Gasteiger partial charge in [0.1, 0.15) is 13.2 Å². The Hall–Kier alpha value is -1.72. The molecular weight excluding hydrogens is 192 g/mol. The summed E-state index contributed by atoms with van der Waals surface area (Å²) in [7, 11) is 0. The maximum absolute atomic E-state index is 10.5. The molecule has 0 aromatic rings. The van der Waals surface area contributed by atoms with Gasteiger partial charge in [0.05, 0.1) is 0 Å². The van der Waals surface area contributed by atoms with Crippen LogP contribution >= 0.6 is 0 Å². The Bertz CT molecular complexity index is 239. The van der Waals surface area contributed by atoms with Crippen molar-refractivity contribution in [2.24, 2.45) is 0 Å². The number of Topliss-reactive ketones (excluding diaryl/α,β-unsaturated/α-hetero) is 2. The molecule has 6 heteroatoms. The second-order valence-electron chi connectivity index (χ2n) is 2.38. The molecule has 0 saturated carbocycles. The summed E-state index contributed by atoms with van der Waals surface area (Å²) in [4.78, 5) is 41.8. The van der Waals surface area contributed by atoms with Crippen LogP contribution in [0.4, 0.5) is 0 Å². The van der Waals surface area contributed by atoms with Gasteiger partial charge in [-0.15, -0.1) is 0 Å². The molecule has 0 rings (SSSR count). The van der Waals surface area contributed by atoms with Gasteiger partial charge in [-0.1, -0.05) is 0 Å². The van der Waals surface area contributed by atoms with Gasteiger partial charge in [-0.05, 0) is 0 Å². The molecule has 78 valence electrons. The van der Waals surface area contributed by atoms with E-state index >= 15 is 0 Å². The predicted octanol–water partition coefficient (Wildman–Crippen LogP) is -0.749. The third kappa shape index (κ3) is 5.02. The largest absolute Gasteiger partial charge is 0.456 e. The van der Waals surface area contributed by atoms with E-state index in [0.717, 1.165) is 13.8 Å². The van der Waals surface area contributed by atoms with Crippen molar-refractivity contribution in [3.8, 4) is 0 Å². The summed E-state index contributed by atoms with van der Waals surface area (Å²) < 4.78 is 8.71. The van der Waals surface area contributed by atoms with Crippen molar-refractivity contribution in [3.05, 3.63) is 0 Å². The molecule has 0 fully saturated rings. The van der Waals surface area contributed by atoms with Gasteiger partial charge >= 0.3 is 11.9 Å². The summed E-state index contributed by atoms with van der Waals surface area (Å²) >= 11 is 0. The Labute approximate surface area is 80.2 Å². The normalized spacial score (nSPS) is 9.00. The van der Waals surface area contributed by atoms with Crippen LogP contribution in [0.15, 0.2) is 0 Å². The van der Waals surface area contributed by atoms with Crippen molar-refractivity contribution < 1.29 is 28.7 Å². The molecule has 0 bridgehead atoms. The number of esters is 2. The highest BCUT2D eigenvalue weighted by Gasteiger charge is 2.11. The Kier molecular flexibility index (Phi) is 5.13. The molecule has 0 atom stereocenters. The number of rotatable bonds is 5. The fourth-order valence-electron chi connectivity index (χ4n) is 0.472. The summed E-state index contributed by atoms with van der Waals surface area (Å²) in [5.41, 5.74) is 0. The van der Waals surface area contributed by atoms with Crippen molar-refractivity contribution in [1.82, 2.24) is 0 Å². The third-order valence-corrected chi connectivity index (χ3v) is 1.12. The molecule has 0 unspecified atom stereocenters. The van der Waals surface area contributed by atoms with Crippen LogP contribution in [-0.4, -0.2) is 36.7 Å². The highest BCUT2D eigenvalue weighted by atomic mass is 16.6. The third-order valence-electron chi connectivity index (χ3n) is 1.12. The molecule has 0 amide bonds. The lowest BCUT2D eigenvalue weighted by Gasteiger charge is -2.02. The van der Waals surface area contributed by atoms with E-state index in [1.165, 1.54) is 0 Å². The molecule has 6 nitrogen and oxygen atoms in total. The van der Waals surface area contributed by atoms with Gasteiger partial charge < -0.3 is 9.47 Å². The fraction of sp³-hybridized carbons (Fsp3) is 0.500. The first-order valence-electron chi connectivity index (χ1n) is 3.80. The van der Waals surface area contributed by atoms with Crippen LogP contribution in [-0.2, 0) is 28.7 Å². The monoisotopic (exact) mass is 202 g/mol. The standard InChI is InChI=1S/C8H10O6/c1-5(9)7(11)13-3-4-14-8(12)6(2)10/h3-4H2,1-2H3. The van der Waals surface area contributed by atoms with Gasteiger partial charge in [0.2, 0.25) is 11.6 Å². The Morgan fingerprint density at radius 2 is 1.07 bits per heavy atom. The summed E-state index contributed by atoms with van der Waals surface area (Å²) in [6.07, 6.45) is 0. The Morgan fingerprint density at radius 3 is 1.29 bits per heavy atom. The van der Waals surface area contributed by atoms with Crippen LogP contribution in [0.3, 0.4) is 0 Å². The number of carbonyl (C=O) groups excluding carboxylic acids is 4. The van der Waals surface area contributed by atoms with Gasteiger partial charge in [0.25, 0.3) is 0 Å². The van der Waals surface area contributed by atoms with E-state index in [0.29, 0.717) is 0 Å². The van der Waals surface area contributed by atoms with Crippen LogP contribution in [0.25, 0.3) is 0 Å². The van der Waals surface area contributed by atoms with Gasteiger partial charge in [-0.25, -0.2) is 9.59 Å². The summed E-state index contributed by atoms with van der Waals surface area (Å²) in [5, 5.41) is 0. The van der Waals surface area contributed by atoms with Crippen molar-refractivity contribution in [2.45, 2.75) is 13.8 Å². The first-order chi connectivity index (χ1) is 6.45. The molecule has 0 aromatic heterocycles. The van der Waals surface area contributed by atoms with Gasteiger partial charge in [-0.2, -0.15) is 0 Å². The average molecular weight is 202 g/mol. The zero-order valence-corrected chi connectivity index (χ0v) is 7.86. The van der Waals surface area contributed by atoms with Crippen LogP contribution in [0.1, 0.15) is 13.8 Å². The summed E-state index contributed by atoms with van der Waals surface area (Å²) in [6.45, 7) is 1.64. The van der Waals surface area contributed by atoms with E-state index < -0.39 is 23.5 Å². The minimum atomic E-state index is -0.996. The Morgan fingerprint density at radius 1 is 0.786 bits per heavy atom. The second-order valence-corrected chi connectivity index (χ2v) is 2.38. The molecule has 0 heterocycles. The van der Waals surface area contributed by atoms with Crippen LogP contribution in [0, 0.1) is 0 Å². The van der Waals surface area contributed by atoms with E-state index in [-0.39, 0.29) is 13.2 Å². The number of ketones is 2. The second kappa shape index (κ2) is 5.85. The average Bonchev–Trinajstić information content (AvgIpc) is 2.11. The minimum absolute atomic E-state index is 0.239. The van der Waals surface area contributed by atoms with E-state index in [1.54, 1.807) is 0 Å². The lowest BCUT2D eigenvalue weighted by atomic mass is 10.5. The highest BCUT2D eigenvalue weighted by molar-refractivity contribution is 6.33. The van der Waals surface area contributed by atoms with E-state index in [4.69, 9.17) is 0 Å². The molecule has 0 N–H and O–H groups in total. The van der Waals surface area contributed by atoms with Crippen LogP contribution < -0.4 is 0 Å². The molecule has 0 aromatic carbocycles. The molecular formula is C8H10O6. The molecule has 0 radical (unpaired) electrons. The first kappa shape index (κ1) is 12.3. The summed E-state index contributed by atoms with van der Waals surface area (Å²) in [6, 6.07) is 0. The van der Waals surface area contributed by atoms with Gasteiger partial charge in [0.15, 0.2) is 0 Å². The van der Waals surface area contributed by atoms with Crippen molar-refractivity contribution in [2.75, 3.05) is 13.2 Å². The molecule has 0 spiro atoms. The van der Waals surface area contributed by atoms with Crippen molar-refractivity contribution >= 4 is 23.5 Å². The number of carbonyl (C=O) groups is 4. The molecule has 0 aliphatic heterocycles. The lowest BCUT2D eigenvalue weighted by molar-refractivity contribution is -0.159. The maximum Gasteiger partial charge on any atom is 0.374 e. The van der Waals surface area contributed by atoms with Crippen molar-refractivity contribution in [3.63, 3.8) is 0 Å². The molecule has 0 aliphatic rings. The van der Waals surface area contributed by atoms with Crippen LogP contribution in [0.2, 0.25) is 0 Å². The van der Waals surface area contributed by atoms with Gasteiger partial charge in [-0.3, -0.25) is 9.59 Å². The summed E-state index contributed by atoms with van der Waals surface area (Å²) in [5.74, 6) is -3.46. The maximum atomic E-state index is 10.5. The quantitative estimate of drug-likeness (QED) is 0.331. The Balaban J connectivity index is 3.57.